The summed E-state index contributed by atoms with van der Waals surface area (Å²) in [6.07, 6.45) is 0.862. The molecule has 4 rings (SSSR count). The molecule has 0 radical (unpaired) electrons. The summed E-state index contributed by atoms with van der Waals surface area (Å²) < 4.78 is 8.83. The zero-order chi connectivity index (χ0) is 26.7. The average molecular weight is 525 g/mol. The molecule has 0 bridgehead atoms. The fourth-order valence-electron chi connectivity index (χ4n) is 5.17. The van der Waals surface area contributed by atoms with Gasteiger partial charge in [-0.2, -0.15) is 9.97 Å². The first kappa shape index (κ1) is 26.6. The van der Waals surface area contributed by atoms with E-state index in [0.717, 1.165) is 12.0 Å². The van der Waals surface area contributed by atoms with Crippen LogP contribution >= 0.6 is 11.6 Å². The molecule has 10 heteroatoms. The van der Waals surface area contributed by atoms with Crippen LogP contribution in [0.4, 0.5) is 10.7 Å². The fourth-order valence-corrected chi connectivity index (χ4v) is 5.41. The molecule has 196 valence electrons. The van der Waals surface area contributed by atoms with Crippen LogP contribution in [0.3, 0.4) is 0 Å². The lowest BCUT2D eigenvalue weighted by Crippen LogP contribution is -2.57. The number of rotatable bonds is 6. The third-order valence-electron chi connectivity index (χ3n) is 6.67. The first-order valence-electron chi connectivity index (χ1n) is 12.4. The SMILES string of the molecule is CC#CCn1c(N2CCCC(OC(N)=O)C2C(C)(C)C)nc2nc(Cl)n(CCc3ccccc3)c(=O)c21. The van der Waals surface area contributed by atoms with Crippen LogP contribution in [0.25, 0.3) is 11.2 Å². The molecule has 9 nitrogen and oxygen atoms in total. The van der Waals surface area contributed by atoms with Crippen molar-refractivity contribution in [2.75, 3.05) is 11.4 Å². The number of ether oxygens (including phenoxy) is 1. The molecule has 2 aromatic heterocycles. The number of halogens is 1. The highest BCUT2D eigenvalue weighted by Gasteiger charge is 2.43. The number of hydrogen-bond donors (Lipinski definition) is 1. The van der Waals surface area contributed by atoms with Gasteiger partial charge in [0.05, 0.1) is 12.6 Å². The van der Waals surface area contributed by atoms with E-state index in [4.69, 9.17) is 27.1 Å². The molecule has 2 atom stereocenters. The Hall–Kier alpha value is -3.51. The molecule has 1 aromatic carbocycles. The van der Waals surface area contributed by atoms with E-state index in [1.54, 1.807) is 6.92 Å². The molecule has 2 N–H and O–H groups in total. The number of benzene rings is 1. The molecule has 3 aromatic rings. The summed E-state index contributed by atoms with van der Waals surface area (Å²) in [5.74, 6) is 6.53. The lowest BCUT2D eigenvalue weighted by atomic mass is 9.79. The summed E-state index contributed by atoms with van der Waals surface area (Å²) in [5, 5.41) is 0.0900. The molecule has 1 amide bonds. The molecule has 1 aliphatic heterocycles. The Morgan fingerprint density at radius 3 is 2.59 bits per heavy atom. The second-order valence-electron chi connectivity index (χ2n) is 10.3. The first-order valence-corrected chi connectivity index (χ1v) is 12.8. The Morgan fingerprint density at radius 1 is 1.22 bits per heavy atom. The van der Waals surface area contributed by atoms with Crippen LogP contribution in [0, 0.1) is 17.3 Å². The van der Waals surface area contributed by atoms with E-state index in [1.165, 1.54) is 4.57 Å². The Labute approximate surface area is 221 Å². The largest absolute Gasteiger partial charge is 0.444 e. The summed E-state index contributed by atoms with van der Waals surface area (Å²) >= 11 is 6.50. The number of fused-ring (bicyclic) bond motifs is 1. The molecule has 1 saturated heterocycles. The zero-order valence-corrected chi connectivity index (χ0v) is 22.5. The molecular formula is C27H33ClN6O3. The number of nitrogens with two attached hydrogens (primary N) is 1. The number of hydrogen-bond acceptors (Lipinski definition) is 6. The maximum Gasteiger partial charge on any atom is 0.404 e. The lowest BCUT2D eigenvalue weighted by Gasteiger charge is -2.47. The molecule has 0 saturated carbocycles. The minimum Gasteiger partial charge on any atom is -0.444 e. The van der Waals surface area contributed by atoms with Crippen LogP contribution < -0.4 is 16.2 Å². The van der Waals surface area contributed by atoms with E-state index in [2.05, 4.69) is 42.5 Å². The van der Waals surface area contributed by atoms with Gasteiger partial charge in [-0.25, -0.2) is 4.79 Å². The van der Waals surface area contributed by atoms with Gasteiger partial charge in [-0.05, 0) is 48.8 Å². The maximum absolute atomic E-state index is 13.8. The number of aromatic nitrogens is 4. The number of primary amides is 1. The number of amides is 1. The van der Waals surface area contributed by atoms with E-state index in [0.29, 0.717) is 37.4 Å². The van der Waals surface area contributed by atoms with E-state index >= 15 is 0 Å². The van der Waals surface area contributed by atoms with Crippen molar-refractivity contribution in [1.82, 2.24) is 19.1 Å². The Bertz CT molecular complexity index is 1400. The molecule has 2 unspecified atom stereocenters. The number of carbonyl (C=O) groups excluding carboxylic acids is 1. The highest BCUT2D eigenvalue weighted by Crippen LogP contribution is 2.37. The van der Waals surface area contributed by atoms with Crippen molar-refractivity contribution < 1.29 is 9.53 Å². The van der Waals surface area contributed by atoms with Gasteiger partial charge in [0.25, 0.3) is 5.56 Å². The molecule has 0 spiro atoms. The number of aryl methyl sites for hydroxylation is 1. The Balaban J connectivity index is 1.84. The number of anilines is 1. The summed E-state index contributed by atoms with van der Waals surface area (Å²) in [6, 6.07) is 9.68. The van der Waals surface area contributed by atoms with Crippen LogP contribution in [0.2, 0.25) is 5.28 Å². The standard InChI is InChI=1S/C27H33ClN6O3/c1-5-6-15-32-20-22(30-24(28)34(23(20)35)17-14-18-11-8-7-9-12-18)31-26(32)33-16-10-13-19(37-25(29)36)21(33)27(2,3)4/h7-9,11-12,19,21H,10,13-17H2,1-4H3,(H2,29,36). The van der Waals surface area contributed by atoms with Gasteiger partial charge in [0.1, 0.15) is 6.10 Å². The summed E-state index contributed by atoms with van der Waals surface area (Å²) in [6.45, 7) is 9.30. The van der Waals surface area contributed by atoms with Crippen LogP contribution in [0.1, 0.15) is 46.1 Å². The van der Waals surface area contributed by atoms with Gasteiger partial charge in [-0.3, -0.25) is 13.9 Å². The van der Waals surface area contributed by atoms with Crippen molar-refractivity contribution in [2.24, 2.45) is 11.1 Å². The molecule has 0 aliphatic carbocycles. The van der Waals surface area contributed by atoms with Gasteiger partial charge < -0.3 is 15.4 Å². The van der Waals surface area contributed by atoms with Crippen molar-refractivity contribution in [2.45, 2.75) is 72.2 Å². The van der Waals surface area contributed by atoms with E-state index < -0.39 is 12.2 Å². The predicted octanol–water partition coefficient (Wildman–Crippen LogP) is 3.99. The second kappa shape index (κ2) is 10.9. The van der Waals surface area contributed by atoms with Gasteiger partial charge in [0.2, 0.25) is 11.2 Å². The second-order valence-corrected chi connectivity index (χ2v) is 10.6. The maximum atomic E-state index is 13.8. The van der Waals surface area contributed by atoms with Crippen LogP contribution in [-0.4, -0.2) is 43.9 Å². The van der Waals surface area contributed by atoms with Crippen LogP contribution in [-0.2, 0) is 24.2 Å². The van der Waals surface area contributed by atoms with Gasteiger partial charge in [-0.15, -0.1) is 5.92 Å². The summed E-state index contributed by atoms with van der Waals surface area (Å²) in [4.78, 5) is 36.8. The zero-order valence-electron chi connectivity index (χ0n) is 21.7. The van der Waals surface area contributed by atoms with Crippen LogP contribution in [0.5, 0.6) is 0 Å². The van der Waals surface area contributed by atoms with Gasteiger partial charge >= 0.3 is 6.09 Å². The summed E-state index contributed by atoms with van der Waals surface area (Å²) in [7, 11) is 0. The minimum atomic E-state index is -0.804. The Kier molecular flexibility index (Phi) is 7.79. The van der Waals surface area contributed by atoms with Crippen molar-refractivity contribution in [3.05, 3.63) is 51.5 Å². The van der Waals surface area contributed by atoms with Crippen molar-refractivity contribution in [1.29, 1.82) is 0 Å². The number of piperidine rings is 1. The van der Waals surface area contributed by atoms with Gasteiger partial charge in [-0.1, -0.05) is 57.0 Å². The summed E-state index contributed by atoms with van der Waals surface area (Å²) in [5.41, 5.74) is 6.56. The predicted molar refractivity (Wildman–Crippen MR) is 145 cm³/mol. The van der Waals surface area contributed by atoms with E-state index in [9.17, 15) is 9.59 Å². The third-order valence-corrected chi connectivity index (χ3v) is 6.95. The minimum absolute atomic E-state index is 0.0900. The smallest absolute Gasteiger partial charge is 0.404 e. The molecule has 1 fully saturated rings. The highest BCUT2D eigenvalue weighted by molar-refractivity contribution is 6.28. The fraction of sp³-hybridized carbons (Fsp3) is 0.481. The highest BCUT2D eigenvalue weighted by atomic mass is 35.5. The number of nitrogens with zero attached hydrogens (tertiary/aromatic N) is 5. The normalized spacial score (nSPS) is 17.9. The van der Waals surface area contributed by atoms with Crippen molar-refractivity contribution >= 4 is 34.8 Å². The lowest BCUT2D eigenvalue weighted by molar-refractivity contribution is 0.0394. The molecular weight excluding hydrogens is 492 g/mol. The monoisotopic (exact) mass is 524 g/mol. The molecule has 3 heterocycles. The first-order chi connectivity index (χ1) is 17.6. The van der Waals surface area contributed by atoms with E-state index in [-0.39, 0.29) is 34.5 Å². The Morgan fingerprint density at radius 2 is 1.95 bits per heavy atom. The van der Waals surface area contributed by atoms with Gasteiger partial charge in [0, 0.05) is 13.1 Å². The van der Waals surface area contributed by atoms with Crippen molar-refractivity contribution in [3.8, 4) is 11.8 Å². The topological polar surface area (TPSA) is 108 Å². The quantitative estimate of drug-likeness (QED) is 0.386. The molecule has 37 heavy (non-hydrogen) atoms. The van der Waals surface area contributed by atoms with Gasteiger partial charge in [0.15, 0.2) is 11.2 Å². The number of carbonyl (C=O) groups is 1. The van der Waals surface area contributed by atoms with Crippen molar-refractivity contribution in [3.63, 3.8) is 0 Å². The third kappa shape index (κ3) is 5.59. The van der Waals surface area contributed by atoms with Crippen LogP contribution in [0.15, 0.2) is 35.1 Å². The molecule has 1 aliphatic rings. The van der Waals surface area contributed by atoms with E-state index in [1.807, 2.05) is 34.9 Å². The number of imidazole rings is 1. The average Bonchev–Trinajstić information content (AvgIpc) is 3.20.